The minimum Gasteiger partial charge on any atom is -0.497 e. The highest BCUT2D eigenvalue weighted by Gasteiger charge is 2.29. The number of hydrogen-bond donors (Lipinski definition) is 0. The van der Waals surface area contributed by atoms with Gasteiger partial charge in [0.25, 0.3) is 0 Å². The molecule has 1 saturated heterocycles. The zero-order valence-electron chi connectivity index (χ0n) is 14.5. The molecule has 1 aromatic carbocycles. The number of esters is 1. The van der Waals surface area contributed by atoms with Crippen LogP contribution in [0.2, 0.25) is 0 Å². The summed E-state index contributed by atoms with van der Waals surface area (Å²) in [4.78, 5) is 12.5. The summed E-state index contributed by atoms with van der Waals surface area (Å²) in [7, 11) is -0.528. The summed E-state index contributed by atoms with van der Waals surface area (Å²) in [5.74, 6) is 0.346. The van der Waals surface area contributed by atoms with Crippen molar-refractivity contribution >= 4 is 16.0 Å². The second-order valence-corrected chi connectivity index (χ2v) is 7.69. The Morgan fingerprint density at radius 3 is 2.35 bits per heavy atom. The first-order valence-corrected chi connectivity index (χ1v) is 9.46. The Kier molecular flexibility index (Phi) is 5.30. The van der Waals surface area contributed by atoms with E-state index in [1.54, 1.807) is 38.4 Å². The van der Waals surface area contributed by atoms with Crippen LogP contribution in [0.15, 0.2) is 41.4 Å². The number of morpholine rings is 1. The lowest BCUT2D eigenvalue weighted by Crippen LogP contribution is -2.40. The lowest BCUT2D eigenvalue weighted by Gasteiger charge is -2.25. The van der Waals surface area contributed by atoms with Gasteiger partial charge in [-0.15, -0.1) is 0 Å². The number of benzene rings is 1. The Hall–Kier alpha value is -2.36. The predicted molar refractivity (Wildman–Crippen MR) is 92.9 cm³/mol. The summed E-state index contributed by atoms with van der Waals surface area (Å²) in [6, 6.07) is 7.87. The summed E-state index contributed by atoms with van der Waals surface area (Å²) < 4.78 is 43.7. The molecule has 0 N–H and O–H groups in total. The van der Waals surface area contributed by atoms with Gasteiger partial charge in [-0.3, -0.25) is 0 Å². The van der Waals surface area contributed by atoms with Crippen molar-refractivity contribution in [1.29, 1.82) is 0 Å². The highest BCUT2D eigenvalue weighted by Crippen LogP contribution is 2.22. The van der Waals surface area contributed by atoms with Gasteiger partial charge in [-0.1, -0.05) is 0 Å². The van der Waals surface area contributed by atoms with E-state index in [9.17, 15) is 13.2 Å². The molecule has 26 heavy (non-hydrogen) atoms. The molecule has 2 aromatic rings. The second kappa shape index (κ2) is 7.48. The minimum atomic E-state index is -3.67. The minimum absolute atomic E-state index is 0.0589. The van der Waals surface area contributed by atoms with Crippen LogP contribution in [0, 0.1) is 0 Å². The van der Waals surface area contributed by atoms with E-state index < -0.39 is 16.0 Å². The molecular weight excluding hydrogens is 360 g/mol. The quantitative estimate of drug-likeness (QED) is 0.574. The van der Waals surface area contributed by atoms with Crippen LogP contribution in [0.5, 0.6) is 11.5 Å². The average Bonchev–Trinajstić information content (AvgIpc) is 3.06. The maximum Gasteiger partial charge on any atom is 0.360 e. The smallest absolute Gasteiger partial charge is 0.360 e. The summed E-state index contributed by atoms with van der Waals surface area (Å²) >= 11 is 0. The molecule has 140 valence electrons. The fraction of sp³-hybridized carbons (Fsp3) is 0.353. The van der Waals surface area contributed by atoms with Crippen molar-refractivity contribution in [1.82, 2.24) is 8.87 Å². The van der Waals surface area contributed by atoms with Crippen LogP contribution in [0.1, 0.15) is 10.5 Å². The number of aromatic nitrogens is 1. The molecule has 1 fully saturated rings. The first kappa shape index (κ1) is 18.4. The van der Waals surface area contributed by atoms with E-state index in [0.717, 1.165) is 0 Å². The Morgan fingerprint density at radius 1 is 1.12 bits per heavy atom. The fourth-order valence-corrected chi connectivity index (χ4v) is 4.10. The van der Waals surface area contributed by atoms with E-state index in [-0.39, 0.29) is 10.6 Å². The normalized spacial score (nSPS) is 15.6. The monoisotopic (exact) mass is 380 g/mol. The summed E-state index contributed by atoms with van der Waals surface area (Å²) in [5.41, 5.74) is 0.146. The zero-order chi connectivity index (χ0) is 18.7. The molecule has 0 radical (unpaired) electrons. The van der Waals surface area contributed by atoms with Crippen molar-refractivity contribution in [3.05, 3.63) is 42.2 Å². The van der Waals surface area contributed by atoms with Gasteiger partial charge in [-0.2, -0.15) is 4.31 Å². The van der Waals surface area contributed by atoms with Crippen molar-refractivity contribution in [3.63, 3.8) is 0 Å². The standard InChI is InChI=1S/C17H20N2O6S/c1-18-12-15(26(21,22)19-7-9-24-10-8-19)11-16(18)17(20)25-14-5-3-13(23-2)4-6-14/h3-6,11-12H,7-10H2,1-2H3. The second-order valence-electron chi connectivity index (χ2n) is 5.75. The molecule has 0 atom stereocenters. The predicted octanol–water partition coefficient (Wildman–Crippen LogP) is 1.27. The highest BCUT2D eigenvalue weighted by molar-refractivity contribution is 7.89. The molecule has 0 spiro atoms. The van der Waals surface area contributed by atoms with E-state index in [4.69, 9.17) is 14.2 Å². The van der Waals surface area contributed by atoms with Gasteiger partial charge in [-0.25, -0.2) is 13.2 Å². The van der Waals surface area contributed by atoms with E-state index in [1.807, 2.05) is 0 Å². The molecule has 1 aliphatic rings. The molecule has 1 aliphatic heterocycles. The molecule has 1 aromatic heterocycles. The van der Waals surface area contributed by atoms with Crippen LogP contribution >= 0.6 is 0 Å². The van der Waals surface area contributed by atoms with Crippen LogP contribution < -0.4 is 9.47 Å². The van der Waals surface area contributed by atoms with Gasteiger partial charge in [0, 0.05) is 26.3 Å². The van der Waals surface area contributed by atoms with Crippen molar-refractivity contribution < 1.29 is 27.4 Å². The largest absolute Gasteiger partial charge is 0.497 e. The third kappa shape index (κ3) is 3.74. The molecule has 0 amide bonds. The summed E-state index contributed by atoms with van der Waals surface area (Å²) in [6.07, 6.45) is 1.41. The first-order valence-electron chi connectivity index (χ1n) is 8.02. The Balaban J connectivity index is 1.79. The number of rotatable bonds is 5. The average molecular weight is 380 g/mol. The maximum absolute atomic E-state index is 12.7. The molecule has 0 aliphatic carbocycles. The third-order valence-electron chi connectivity index (χ3n) is 4.07. The fourth-order valence-electron chi connectivity index (χ4n) is 2.62. The van der Waals surface area contributed by atoms with Gasteiger partial charge in [0.1, 0.15) is 22.1 Å². The summed E-state index contributed by atoms with van der Waals surface area (Å²) in [5, 5.41) is 0. The Labute approximate surface area is 151 Å². The number of methoxy groups -OCH3 is 1. The summed E-state index contributed by atoms with van der Waals surface area (Å²) in [6.45, 7) is 1.31. The molecule has 0 saturated carbocycles. The molecular formula is C17H20N2O6S. The lowest BCUT2D eigenvalue weighted by atomic mass is 10.3. The van der Waals surface area contributed by atoms with Crippen molar-refractivity contribution in [2.45, 2.75) is 4.90 Å². The number of hydrogen-bond acceptors (Lipinski definition) is 6. The number of carbonyl (C=O) groups excluding carboxylic acids is 1. The van der Waals surface area contributed by atoms with Crippen LogP contribution in [0.25, 0.3) is 0 Å². The van der Waals surface area contributed by atoms with Crippen molar-refractivity contribution in [3.8, 4) is 11.5 Å². The SMILES string of the molecule is COc1ccc(OC(=O)c2cc(S(=O)(=O)N3CCOCC3)cn2C)cc1. The molecule has 8 nitrogen and oxygen atoms in total. The molecule has 3 rings (SSSR count). The van der Waals surface area contributed by atoms with Crippen LogP contribution in [0.3, 0.4) is 0 Å². The van der Waals surface area contributed by atoms with E-state index in [2.05, 4.69) is 0 Å². The van der Waals surface area contributed by atoms with Crippen LogP contribution in [-0.2, 0) is 21.8 Å². The van der Waals surface area contributed by atoms with Gasteiger partial charge in [0.2, 0.25) is 10.0 Å². The van der Waals surface area contributed by atoms with Gasteiger partial charge < -0.3 is 18.8 Å². The number of ether oxygens (including phenoxy) is 3. The van der Waals surface area contributed by atoms with Crippen LogP contribution in [0.4, 0.5) is 0 Å². The highest BCUT2D eigenvalue weighted by atomic mass is 32.2. The number of aryl methyl sites for hydroxylation is 1. The third-order valence-corrected chi connectivity index (χ3v) is 5.93. The number of nitrogens with zero attached hydrogens (tertiary/aromatic N) is 2. The number of carbonyl (C=O) groups is 1. The first-order chi connectivity index (χ1) is 12.4. The Morgan fingerprint density at radius 2 is 1.73 bits per heavy atom. The lowest BCUT2D eigenvalue weighted by molar-refractivity contribution is 0.0723. The van der Waals surface area contributed by atoms with E-state index >= 15 is 0 Å². The molecule has 9 heteroatoms. The van der Waals surface area contributed by atoms with Gasteiger partial charge >= 0.3 is 5.97 Å². The van der Waals surface area contributed by atoms with Crippen molar-refractivity contribution in [2.75, 3.05) is 33.4 Å². The zero-order valence-corrected chi connectivity index (χ0v) is 15.4. The van der Waals surface area contributed by atoms with Crippen LogP contribution in [-0.4, -0.2) is 56.7 Å². The number of sulfonamides is 1. The van der Waals surface area contributed by atoms with Crippen molar-refractivity contribution in [2.24, 2.45) is 7.05 Å². The van der Waals surface area contributed by atoms with E-state index in [1.165, 1.54) is 21.1 Å². The van der Waals surface area contributed by atoms with E-state index in [0.29, 0.717) is 37.8 Å². The molecule has 0 unspecified atom stereocenters. The maximum atomic E-state index is 12.7. The van der Waals surface area contributed by atoms with Gasteiger partial charge in [0.05, 0.1) is 20.3 Å². The van der Waals surface area contributed by atoms with Gasteiger partial charge in [0.15, 0.2) is 0 Å². The Bertz CT molecular complexity index is 882. The molecule has 2 heterocycles. The molecule has 0 bridgehead atoms. The van der Waals surface area contributed by atoms with Gasteiger partial charge in [-0.05, 0) is 30.3 Å². The topological polar surface area (TPSA) is 87.1 Å².